The van der Waals surface area contributed by atoms with Crippen molar-refractivity contribution in [3.8, 4) is 0 Å². The molecule has 5 nitrogen and oxygen atoms in total. The molecule has 0 aliphatic rings. The Morgan fingerprint density at radius 1 is 1.00 bits per heavy atom. The smallest absolute Gasteiger partial charge is 0.403 e. The van der Waals surface area contributed by atoms with Gasteiger partial charge in [0.1, 0.15) is 11.7 Å². The molecule has 0 saturated heterocycles. The van der Waals surface area contributed by atoms with Crippen LogP contribution in [-0.2, 0) is 23.9 Å². The number of hydrogen-bond acceptors (Lipinski definition) is 5. The first-order chi connectivity index (χ1) is 8.66. The summed E-state index contributed by atoms with van der Waals surface area (Å²) in [5.74, 6) is -9.23. The molecule has 0 aliphatic heterocycles. The Morgan fingerprint density at radius 2 is 1.42 bits per heavy atom. The summed E-state index contributed by atoms with van der Waals surface area (Å²) < 4.78 is 47.2. The normalized spacial score (nSPS) is 14.4. The van der Waals surface area contributed by atoms with Crippen LogP contribution in [-0.4, -0.2) is 37.1 Å². The van der Waals surface area contributed by atoms with Gasteiger partial charge in [0.2, 0.25) is 0 Å². The second kappa shape index (κ2) is 7.10. The Morgan fingerprint density at radius 3 is 1.74 bits per heavy atom. The predicted molar refractivity (Wildman–Crippen MR) is 57.0 cm³/mol. The summed E-state index contributed by atoms with van der Waals surface area (Å²) >= 11 is 0. The topological polar surface area (TPSA) is 69.7 Å². The van der Waals surface area contributed by atoms with Crippen molar-refractivity contribution in [3.63, 3.8) is 0 Å². The standard InChI is InChI=1S/C11H15F3O5/c1-4-18-9(16)7(6(3)15)8(11(12,13)14)10(17)19-5-2/h7-8H,4-5H2,1-3H3. The summed E-state index contributed by atoms with van der Waals surface area (Å²) in [4.78, 5) is 34.0. The number of ether oxygens (including phenoxy) is 2. The van der Waals surface area contributed by atoms with Crippen LogP contribution >= 0.6 is 0 Å². The molecule has 0 N–H and O–H groups in total. The molecule has 0 radical (unpaired) electrons. The lowest BCUT2D eigenvalue weighted by Gasteiger charge is -2.24. The van der Waals surface area contributed by atoms with Crippen LogP contribution in [0.1, 0.15) is 20.8 Å². The third-order valence-corrected chi connectivity index (χ3v) is 2.21. The van der Waals surface area contributed by atoms with E-state index in [1.54, 1.807) is 0 Å². The molecule has 0 aromatic rings. The first kappa shape index (κ1) is 17.4. The molecule has 19 heavy (non-hydrogen) atoms. The molecule has 0 bridgehead atoms. The van der Waals surface area contributed by atoms with Crippen molar-refractivity contribution in [3.05, 3.63) is 0 Å². The van der Waals surface area contributed by atoms with Gasteiger partial charge >= 0.3 is 18.1 Å². The first-order valence-corrected chi connectivity index (χ1v) is 5.57. The van der Waals surface area contributed by atoms with Crippen molar-refractivity contribution < 1.29 is 37.0 Å². The Kier molecular flexibility index (Phi) is 6.51. The molecule has 0 aromatic heterocycles. The molecular weight excluding hydrogens is 269 g/mol. The van der Waals surface area contributed by atoms with Gasteiger partial charge in [0.25, 0.3) is 0 Å². The van der Waals surface area contributed by atoms with Gasteiger partial charge < -0.3 is 9.47 Å². The van der Waals surface area contributed by atoms with Crippen molar-refractivity contribution in [2.75, 3.05) is 13.2 Å². The Balaban J connectivity index is 5.45. The predicted octanol–water partition coefficient (Wildman–Crippen LogP) is 1.50. The Bertz CT molecular complexity index is 351. The molecule has 2 unspecified atom stereocenters. The highest BCUT2D eigenvalue weighted by atomic mass is 19.4. The molecule has 0 saturated carbocycles. The van der Waals surface area contributed by atoms with E-state index in [4.69, 9.17) is 0 Å². The fraction of sp³-hybridized carbons (Fsp3) is 0.727. The summed E-state index contributed by atoms with van der Waals surface area (Å²) in [7, 11) is 0. The zero-order chi connectivity index (χ0) is 15.2. The van der Waals surface area contributed by atoms with E-state index in [1.165, 1.54) is 13.8 Å². The van der Waals surface area contributed by atoms with E-state index in [-0.39, 0.29) is 13.2 Å². The number of halogens is 3. The van der Waals surface area contributed by atoms with Crippen molar-refractivity contribution in [1.82, 2.24) is 0 Å². The molecule has 0 aliphatic carbocycles. The van der Waals surface area contributed by atoms with E-state index in [0.29, 0.717) is 0 Å². The number of hydrogen-bond donors (Lipinski definition) is 0. The van der Waals surface area contributed by atoms with Crippen LogP contribution < -0.4 is 0 Å². The lowest BCUT2D eigenvalue weighted by molar-refractivity contribution is -0.212. The van der Waals surface area contributed by atoms with Gasteiger partial charge in [0.05, 0.1) is 13.2 Å². The summed E-state index contributed by atoms with van der Waals surface area (Å²) in [5, 5.41) is 0. The second-order valence-electron chi connectivity index (χ2n) is 3.61. The van der Waals surface area contributed by atoms with Gasteiger partial charge in [-0.3, -0.25) is 14.4 Å². The quantitative estimate of drug-likeness (QED) is 0.546. The van der Waals surface area contributed by atoms with Gasteiger partial charge in [-0.15, -0.1) is 0 Å². The molecular formula is C11H15F3O5. The van der Waals surface area contributed by atoms with Gasteiger partial charge in [-0.1, -0.05) is 0 Å². The minimum Gasteiger partial charge on any atom is -0.465 e. The minimum absolute atomic E-state index is 0.198. The third kappa shape index (κ3) is 4.88. The van der Waals surface area contributed by atoms with Crippen molar-refractivity contribution in [1.29, 1.82) is 0 Å². The van der Waals surface area contributed by atoms with Crippen LogP contribution in [0.2, 0.25) is 0 Å². The van der Waals surface area contributed by atoms with Gasteiger partial charge in [0, 0.05) is 0 Å². The van der Waals surface area contributed by atoms with E-state index >= 15 is 0 Å². The fourth-order valence-corrected chi connectivity index (χ4v) is 1.46. The van der Waals surface area contributed by atoms with Crippen LogP contribution in [0.15, 0.2) is 0 Å². The molecule has 0 heterocycles. The van der Waals surface area contributed by atoms with Gasteiger partial charge in [-0.25, -0.2) is 0 Å². The zero-order valence-corrected chi connectivity index (χ0v) is 10.7. The molecule has 0 fully saturated rings. The molecule has 2 atom stereocenters. The lowest BCUT2D eigenvalue weighted by atomic mass is 9.88. The molecule has 0 rings (SSSR count). The summed E-state index contributed by atoms with van der Waals surface area (Å²) in [6.07, 6.45) is -5.07. The molecule has 110 valence electrons. The molecule has 0 amide bonds. The maximum Gasteiger partial charge on any atom is 0.403 e. The number of esters is 2. The number of carbonyl (C=O) groups excluding carboxylic acids is 3. The average molecular weight is 284 g/mol. The van der Waals surface area contributed by atoms with E-state index < -0.39 is 35.7 Å². The van der Waals surface area contributed by atoms with Crippen LogP contribution in [0.5, 0.6) is 0 Å². The Labute approximate surface area is 108 Å². The number of alkyl halides is 3. The highest BCUT2D eigenvalue weighted by Crippen LogP contribution is 2.34. The summed E-state index contributed by atoms with van der Waals surface area (Å²) in [5.41, 5.74) is 0. The monoisotopic (exact) mass is 284 g/mol. The number of rotatable bonds is 6. The van der Waals surface area contributed by atoms with E-state index in [2.05, 4.69) is 9.47 Å². The van der Waals surface area contributed by atoms with Crippen LogP contribution in [0, 0.1) is 11.8 Å². The second-order valence-corrected chi connectivity index (χ2v) is 3.61. The number of carbonyl (C=O) groups is 3. The average Bonchev–Trinajstić information content (AvgIpc) is 2.23. The summed E-state index contributed by atoms with van der Waals surface area (Å²) in [6, 6.07) is 0. The highest BCUT2D eigenvalue weighted by Gasteiger charge is 2.55. The maximum atomic E-state index is 12.8. The lowest BCUT2D eigenvalue weighted by Crippen LogP contribution is -2.45. The fourth-order valence-electron chi connectivity index (χ4n) is 1.46. The molecule has 8 heteroatoms. The van der Waals surface area contributed by atoms with Crippen LogP contribution in [0.4, 0.5) is 13.2 Å². The molecule has 0 aromatic carbocycles. The minimum atomic E-state index is -5.07. The van der Waals surface area contributed by atoms with E-state index in [9.17, 15) is 27.6 Å². The van der Waals surface area contributed by atoms with Gasteiger partial charge in [-0.2, -0.15) is 13.2 Å². The van der Waals surface area contributed by atoms with E-state index in [0.717, 1.165) is 6.92 Å². The first-order valence-electron chi connectivity index (χ1n) is 5.57. The van der Waals surface area contributed by atoms with Crippen LogP contribution in [0.3, 0.4) is 0 Å². The van der Waals surface area contributed by atoms with Crippen molar-refractivity contribution in [2.45, 2.75) is 26.9 Å². The number of Topliss-reactive ketones (excluding diaryl/α,β-unsaturated/α-hetero) is 1. The van der Waals surface area contributed by atoms with Crippen molar-refractivity contribution in [2.24, 2.45) is 11.8 Å². The van der Waals surface area contributed by atoms with E-state index in [1.807, 2.05) is 0 Å². The largest absolute Gasteiger partial charge is 0.465 e. The van der Waals surface area contributed by atoms with Crippen LogP contribution in [0.25, 0.3) is 0 Å². The van der Waals surface area contributed by atoms with Crippen molar-refractivity contribution >= 4 is 17.7 Å². The number of ketones is 1. The molecule has 0 spiro atoms. The van der Waals surface area contributed by atoms with Gasteiger partial charge in [0.15, 0.2) is 5.92 Å². The Hall–Kier alpha value is -1.60. The third-order valence-electron chi connectivity index (χ3n) is 2.21. The maximum absolute atomic E-state index is 12.8. The summed E-state index contributed by atoms with van der Waals surface area (Å²) in [6.45, 7) is 2.99. The highest BCUT2D eigenvalue weighted by molar-refractivity contribution is 6.01. The zero-order valence-electron chi connectivity index (χ0n) is 10.7. The SMILES string of the molecule is CCOC(=O)C(C(C)=O)C(C(=O)OCC)C(F)(F)F. The van der Waals surface area contributed by atoms with Gasteiger partial charge in [-0.05, 0) is 20.8 Å².